The predicted octanol–water partition coefficient (Wildman–Crippen LogP) is 2.79. The Kier molecular flexibility index (Phi) is 4.75. The summed E-state index contributed by atoms with van der Waals surface area (Å²) in [5.41, 5.74) is 0. The van der Waals surface area contributed by atoms with Crippen LogP contribution >= 0.6 is 11.3 Å². The molecule has 0 saturated carbocycles. The number of amides is 1. The van der Waals surface area contributed by atoms with Gasteiger partial charge in [-0.2, -0.15) is 4.52 Å². The third kappa shape index (κ3) is 3.70. The lowest BCUT2D eigenvalue weighted by molar-refractivity contribution is -0.122. The number of hydrogen-bond donors (Lipinski definition) is 1. The van der Waals surface area contributed by atoms with Gasteiger partial charge in [0.25, 0.3) is 5.91 Å². The number of rotatable bonds is 6. The number of nitrogens with one attached hydrogen (secondary N) is 1. The maximum absolute atomic E-state index is 12.3. The maximum atomic E-state index is 12.3. The molecule has 3 rings (SSSR count). The van der Waals surface area contributed by atoms with Crippen LogP contribution in [0.2, 0.25) is 0 Å². The summed E-state index contributed by atoms with van der Waals surface area (Å²) < 4.78 is 7.29. The van der Waals surface area contributed by atoms with Gasteiger partial charge < -0.3 is 4.74 Å². The smallest absolute Gasteiger partial charge is 0.266 e. The van der Waals surface area contributed by atoms with Crippen LogP contribution in [0.25, 0.3) is 4.96 Å². The molecular weight excluding hydrogens is 326 g/mol. The molecule has 0 aliphatic carbocycles. The van der Waals surface area contributed by atoms with Gasteiger partial charge in [0.05, 0.1) is 0 Å². The van der Waals surface area contributed by atoms with Gasteiger partial charge in [-0.1, -0.05) is 43.4 Å². The Morgan fingerprint density at radius 3 is 2.71 bits per heavy atom. The Morgan fingerprint density at radius 1 is 1.25 bits per heavy atom. The molecule has 2 aromatic heterocycles. The third-order valence-electron chi connectivity index (χ3n) is 3.30. The van der Waals surface area contributed by atoms with Gasteiger partial charge in [-0.05, 0) is 25.0 Å². The quantitative estimate of drug-likeness (QED) is 0.743. The average molecular weight is 345 g/mol. The van der Waals surface area contributed by atoms with Gasteiger partial charge in [-0.3, -0.25) is 10.1 Å². The summed E-state index contributed by atoms with van der Waals surface area (Å²) in [6.07, 6.45) is 0.156. The summed E-state index contributed by atoms with van der Waals surface area (Å²) in [4.78, 5) is 12.9. The van der Waals surface area contributed by atoms with Crippen molar-refractivity contribution >= 4 is 27.3 Å². The first kappa shape index (κ1) is 16.4. The standard InChI is InChI=1S/C16H19N5O2S/c1-10(2)9-13-18-19-16-21(13)20-15(24-16)17-14(22)11(3)23-12-7-5-4-6-8-12/h4-8,10-11H,9H2,1-3H3,(H,17,20,22)/t11-/m1/s1. The monoisotopic (exact) mass is 345 g/mol. The van der Waals surface area contributed by atoms with Crippen LogP contribution in [0.5, 0.6) is 5.75 Å². The Hall–Kier alpha value is -2.48. The van der Waals surface area contributed by atoms with Gasteiger partial charge in [0, 0.05) is 6.42 Å². The minimum atomic E-state index is -0.628. The van der Waals surface area contributed by atoms with E-state index >= 15 is 0 Å². The van der Waals surface area contributed by atoms with Gasteiger partial charge in [0.15, 0.2) is 11.9 Å². The number of carbonyl (C=O) groups is 1. The topological polar surface area (TPSA) is 81.4 Å². The van der Waals surface area contributed by atoms with Crippen LogP contribution in [0.15, 0.2) is 30.3 Å². The summed E-state index contributed by atoms with van der Waals surface area (Å²) in [6.45, 7) is 5.92. The Labute approximate surface area is 143 Å². The molecular formula is C16H19N5O2S. The molecule has 0 spiro atoms. The van der Waals surface area contributed by atoms with Crippen molar-refractivity contribution in [3.8, 4) is 5.75 Å². The molecule has 0 unspecified atom stereocenters. The van der Waals surface area contributed by atoms with E-state index < -0.39 is 6.10 Å². The zero-order valence-corrected chi connectivity index (χ0v) is 14.6. The molecule has 0 bridgehead atoms. The van der Waals surface area contributed by atoms with E-state index in [2.05, 4.69) is 34.5 Å². The van der Waals surface area contributed by atoms with Crippen LogP contribution in [0, 0.1) is 5.92 Å². The van der Waals surface area contributed by atoms with E-state index in [0.29, 0.717) is 21.8 Å². The second-order valence-corrected chi connectivity index (χ2v) is 6.83. The Balaban J connectivity index is 1.67. The molecule has 126 valence electrons. The lowest BCUT2D eigenvalue weighted by Gasteiger charge is -2.13. The van der Waals surface area contributed by atoms with E-state index in [-0.39, 0.29) is 5.91 Å². The highest BCUT2D eigenvalue weighted by Crippen LogP contribution is 2.20. The molecule has 0 aliphatic heterocycles. The second-order valence-electron chi connectivity index (χ2n) is 5.88. The van der Waals surface area contributed by atoms with Crippen molar-refractivity contribution in [1.82, 2.24) is 19.8 Å². The number of benzene rings is 1. The predicted molar refractivity (Wildman–Crippen MR) is 92.4 cm³/mol. The minimum Gasteiger partial charge on any atom is -0.481 e. The maximum Gasteiger partial charge on any atom is 0.266 e. The highest BCUT2D eigenvalue weighted by molar-refractivity contribution is 7.20. The molecule has 3 aromatic rings. The molecule has 0 radical (unpaired) electrons. The molecule has 0 aliphatic rings. The molecule has 2 heterocycles. The van der Waals surface area contributed by atoms with E-state index in [9.17, 15) is 4.79 Å². The zero-order chi connectivity index (χ0) is 17.1. The highest BCUT2D eigenvalue weighted by Gasteiger charge is 2.18. The molecule has 1 aromatic carbocycles. The number of ether oxygens (including phenoxy) is 1. The molecule has 0 fully saturated rings. The normalized spacial score (nSPS) is 12.5. The van der Waals surface area contributed by atoms with Crippen molar-refractivity contribution < 1.29 is 9.53 Å². The summed E-state index contributed by atoms with van der Waals surface area (Å²) in [6, 6.07) is 9.24. The van der Waals surface area contributed by atoms with Crippen LogP contribution in [0.1, 0.15) is 26.6 Å². The summed E-state index contributed by atoms with van der Waals surface area (Å²) in [5, 5.41) is 15.9. The fraction of sp³-hybridized carbons (Fsp3) is 0.375. The lowest BCUT2D eigenvalue weighted by atomic mass is 10.1. The largest absolute Gasteiger partial charge is 0.481 e. The molecule has 1 N–H and O–H groups in total. The molecule has 8 heteroatoms. The first-order valence-corrected chi connectivity index (χ1v) is 8.58. The van der Waals surface area contributed by atoms with E-state index in [1.54, 1.807) is 11.4 Å². The number of nitrogens with zero attached hydrogens (tertiary/aromatic N) is 4. The first-order chi connectivity index (χ1) is 11.5. The summed E-state index contributed by atoms with van der Waals surface area (Å²) in [7, 11) is 0. The van der Waals surface area contributed by atoms with Crippen LogP contribution in [-0.2, 0) is 11.2 Å². The molecule has 0 saturated heterocycles. The summed E-state index contributed by atoms with van der Waals surface area (Å²) >= 11 is 1.29. The minimum absolute atomic E-state index is 0.255. The molecule has 1 atom stereocenters. The van der Waals surface area contributed by atoms with E-state index in [0.717, 1.165) is 12.2 Å². The van der Waals surface area contributed by atoms with Gasteiger partial charge in [-0.25, -0.2) is 0 Å². The Morgan fingerprint density at radius 2 is 2.00 bits per heavy atom. The number of aromatic nitrogens is 4. The number of hydrogen-bond acceptors (Lipinski definition) is 6. The van der Waals surface area contributed by atoms with Crippen molar-refractivity contribution in [2.45, 2.75) is 33.3 Å². The number of anilines is 1. The van der Waals surface area contributed by atoms with Crippen LogP contribution in [0.3, 0.4) is 0 Å². The fourth-order valence-electron chi connectivity index (χ4n) is 2.16. The third-order valence-corrected chi connectivity index (χ3v) is 4.12. The van der Waals surface area contributed by atoms with Crippen molar-refractivity contribution in [1.29, 1.82) is 0 Å². The number of carbonyl (C=O) groups excluding carboxylic acids is 1. The highest BCUT2D eigenvalue weighted by atomic mass is 32.1. The van der Waals surface area contributed by atoms with Gasteiger partial charge in [0.2, 0.25) is 10.1 Å². The second kappa shape index (κ2) is 6.96. The van der Waals surface area contributed by atoms with Crippen molar-refractivity contribution in [3.63, 3.8) is 0 Å². The molecule has 1 amide bonds. The van der Waals surface area contributed by atoms with Crippen molar-refractivity contribution in [3.05, 3.63) is 36.2 Å². The lowest BCUT2D eigenvalue weighted by Crippen LogP contribution is -2.30. The van der Waals surface area contributed by atoms with Gasteiger partial charge in [0.1, 0.15) is 5.75 Å². The van der Waals surface area contributed by atoms with E-state index in [1.807, 2.05) is 30.3 Å². The first-order valence-electron chi connectivity index (χ1n) is 7.76. The van der Waals surface area contributed by atoms with Crippen molar-refractivity contribution in [2.24, 2.45) is 5.92 Å². The van der Waals surface area contributed by atoms with Gasteiger partial charge in [-0.15, -0.1) is 15.3 Å². The number of para-hydroxylation sites is 1. The van der Waals surface area contributed by atoms with Gasteiger partial charge >= 0.3 is 0 Å². The van der Waals surface area contributed by atoms with Crippen LogP contribution < -0.4 is 10.1 Å². The molecule has 24 heavy (non-hydrogen) atoms. The average Bonchev–Trinajstić information content (AvgIpc) is 3.09. The van der Waals surface area contributed by atoms with Crippen LogP contribution in [-0.4, -0.2) is 31.8 Å². The number of fused-ring (bicyclic) bond motifs is 1. The molecule has 7 nitrogen and oxygen atoms in total. The van der Waals surface area contributed by atoms with Crippen LogP contribution in [0.4, 0.5) is 5.13 Å². The fourth-order valence-corrected chi connectivity index (χ4v) is 2.93. The van der Waals surface area contributed by atoms with E-state index in [1.165, 1.54) is 11.3 Å². The van der Waals surface area contributed by atoms with Crippen molar-refractivity contribution in [2.75, 3.05) is 5.32 Å². The Bertz CT molecular complexity index is 827. The zero-order valence-electron chi connectivity index (χ0n) is 13.8. The summed E-state index contributed by atoms with van der Waals surface area (Å²) in [5.74, 6) is 1.65. The van der Waals surface area contributed by atoms with E-state index in [4.69, 9.17) is 4.74 Å². The SMILES string of the molecule is CC(C)Cc1nnc2sc(NC(=O)[C@@H](C)Oc3ccccc3)nn12.